The van der Waals surface area contributed by atoms with Gasteiger partial charge in [0.05, 0.1) is 16.1 Å². The number of rotatable bonds is 2. The molecular weight excluding hydrogens is 186 g/mol. The SMILES string of the molecule is NOc1ncc(Cl)cc1[N+](=O)[O-]. The van der Waals surface area contributed by atoms with Gasteiger partial charge < -0.3 is 4.84 Å². The summed E-state index contributed by atoms with van der Waals surface area (Å²) in [5, 5.41) is 10.5. The van der Waals surface area contributed by atoms with Crippen LogP contribution < -0.4 is 10.7 Å². The second-order valence-electron chi connectivity index (χ2n) is 1.85. The van der Waals surface area contributed by atoms with Crippen molar-refractivity contribution < 1.29 is 9.76 Å². The Morgan fingerprint density at radius 3 is 2.92 bits per heavy atom. The van der Waals surface area contributed by atoms with Crippen molar-refractivity contribution in [2.45, 2.75) is 0 Å². The van der Waals surface area contributed by atoms with E-state index in [0.717, 1.165) is 6.07 Å². The average molecular weight is 190 g/mol. The molecule has 0 saturated carbocycles. The highest BCUT2D eigenvalue weighted by atomic mass is 35.5. The highest BCUT2D eigenvalue weighted by Gasteiger charge is 2.16. The summed E-state index contributed by atoms with van der Waals surface area (Å²) in [5.74, 6) is 4.47. The Kier molecular flexibility index (Phi) is 2.41. The van der Waals surface area contributed by atoms with Crippen molar-refractivity contribution in [2.75, 3.05) is 0 Å². The molecule has 0 bridgehead atoms. The van der Waals surface area contributed by atoms with Crippen molar-refractivity contribution in [1.82, 2.24) is 4.98 Å². The van der Waals surface area contributed by atoms with Crippen LogP contribution >= 0.6 is 11.6 Å². The molecule has 0 amide bonds. The quantitative estimate of drug-likeness (QED) is 0.551. The molecule has 7 heteroatoms. The van der Waals surface area contributed by atoms with E-state index in [0.29, 0.717) is 0 Å². The van der Waals surface area contributed by atoms with E-state index in [1.54, 1.807) is 0 Å². The maximum atomic E-state index is 10.3. The predicted molar refractivity (Wildman–Crippen MR) is 40.7 cm³/mol. The van der Waals surface area contributed by atoms with E-state index in [9.17, 15) is 10.1 Å². The molecule has 0 spiro atoms. The summed E-state index contributed by atoms with van der Waals surface area (Å²) in [6, 6.07) is 1.11. The molecule has 2 N–H and O–H groups in total. The summed E-state index contributed by atoms with van der Waals surface area (Å²) in [5.41, 5.74) is -0.356. The standard InChI is InChI=1S/C5H4ClN3O3/c6-3-1-4(9(10)11)5(12-7)8-2-3/h1-2H,7H2. The van der Waals surface area contributed by atoms with Gasteiger partial charge in [0.15, 0.2) is 0 Å². The van der Waals surface area contributed by atoms with E-state index in [-0.39, 0.29) is 16.6 Å². The maximum absolute atomic E-state index is 10.3. The minimum atomic E-state index is -0.679. The molecule has 1 aromatic rings. The van der Waals surface area contributed by atoms with Gasteiger partial charge in [-0.2, -0.15) is 5.90 Å². The van der Waals surface area contributed by atoms with Gasteiger partial charge in [-0.3, -0.25) is 10.1 Å². The topological polar surface area (TPSA) is 91.3 Å². The van der Waals surface area contributed by atoms with Gasteiger partial charge in [-0.1, -0.05) is 11.6 Å². The minimum absolute atomic E-state index is 0.155. The van der Waals surface area contributed by atoms with Crippen LogP contribution in [0.3, 0.4) is 0 Å². The molecule has 64 valence electrons. The number of hydrogen-bond donors (Lipinski definition) is 1. The van der Waals surface area contributed by atoms with Crippen LogP contribution in [-0.4, -0.2) is 9.91 Å². The van der Waals surface area contributed by atoms with Gasteiger partial charge in [0, 0.05) is 6.07 Å². The molecule has 0 aliphatic heterocycles. The second kappa shape index (κ2) is 3.33. The lowest BCUT2D eigenvalue weighted by molar-refractivity contribution is -0.386. The summed E-state index contributed by atoms with van der Waals surface area (Å²) >= 11 is 5.45. The third kappa shape index (κ3) is 1.60. The molecule has 0 saturated heterocycles. The van der Waals surface area contributed by atoms with Crippen LogP contribution in [0.1, 0.15) is 0 Å². The molecule has 0 radical (unpaired) electrons. The predicted octanol–water partition coefficient (Wildman–Crippen LogP) is 0.896. The molecule has 0 aromatic carbocycles. The first kappa shape index (κ1) is 8.69. The maximum Gasteiger partial charge on any atom is 0.334 e. The third-order valence-electron chi connectivity index (χ3n) is 1.11. The van der Waals surface area contributed by atoms with E-state index >= 15 is 0 Å². The van der Waals surface area contributed by atoms with Crippen LogP contribution in [0.5, 0.6) is 5.88 Å². The number of nitrogens with two attached hydrogens (primary N) is 1. The van der Waals surface area contributed by atoms with Crippen molar-refractivity contribution in [3.63, 3.8) is 0 Å². The lowest BCUT2D eigenvalue weighted by Crippen LogP contribution is -2.06. The number of nitro groups is 1. The highest BCUT2D eigenvalue weighted by molar-refractivity contribution is 6.30. The largest absolute Gasteiger partial charge is 0.384 e. The van der Waals surface area contributed by atoms with Crippen LogP contribution in [0.4, 0.5) is 5.69 Å². The van der Waals surface area contributed by atoms with Gasteiger partial charge in [-0.15, -0.1) is 0 Å². The average Bonchev–Trinajstić information content (AvgIpc) is 2.04. The van der Waals surface area contributed by atoms with Crippen LogP contribution in [0.15, 0.2) is 12.3 Å². The fraction of sp³-hybridized carbons (Fsp3) is 0. The Balaban J connectivity index is 3.21. The van der Waals surface area contributed by atoms with Gasteiger partial charge in [0.1, 0.15) is 0 Å². The van der Waals surface area contributed by atoms with Crippen LogP contribution in [0.25, 0.3) is 0 Å². The first-order valence-electron chi connectivity index (χ1n) is 2.82. The molecule has 0 aliphatic carbocycles. The molecule has 0 atom stereocenters. The summed E-state index contributed by atoms with van der Waals surface area (Å²) in [7, 11) is 0. The van der Waals surface area contributed by atoms with Crippen molar-refractivity contribution >= 4 is 17.3 Å². The highest BCUT2D eigenvalue weighted by Crippen LogP contribution is 2.25. The van der Waals surface area contributed by atoms with E-state index in [2.05, 4.69) is 9.82 Å². The van der Waals surface area contributed by atoms with Crippen molar-refractivity contribution in [1.29, 1.82) is 0 Å². The molecule has 0 fully saturated rings. The molecule has 0 aliphatic rings. The van der Waals surface area contributed by atoms with E-state index < -0.39 is 4.92 Å². The fourth-order valence-electron chi connectivity index (χ4n) is 0.638. The number of pyridine rings is 1. The Labute approximate surface area is 72.0 Å². The normalized spacial score (nSPS) is 9.50. The minimum Gasteiger partial charge on any atom is -0.384 e. The Morgan fingerprint density at radius 2 is 2.42 bits per heavy atom. The van der Waals surface area contributed by atoms with Gasteiger partial charge in [0.2, 0.25) is 0 Å². The Hall–Kier alpha value is -1.40. The number of aromatic nitrogens is 1. The smallest absolute Gasteiger partial charge is 0.334 e. The van der Waals surface area contributed by atoms with Gasteiger partial charge in [-0.25, -0.2) is 4.98 Å². The monoisotopic (exact) mass is 189 g/mol. The summed E-state index contributed by atoms with van der Waals surface area (Å²) in [6.07, 6.45) is 1.21. The number of hydrogen-bond acceptors (Lipinski definition) is 5. The fourth-order valence-corrected chi connectivity index (χ4v) is 0.790. The Morgan fingerprint density at radius 1 is 1.75 bits per heavy atom. The van der Waals surface area contributed by atoms with E-state index in [4.69, 9.17) is 17.5 Å². The van der Waals surface area contributed by atoms with Crippen LogP contribution in [-0.2, 0) is 0 Å². The number of halogens is 1. The Bertz CT molecular complexity index is 317. The second-order valence-corrected chi connectivity index (χ2v) is 2.29. The molecule has 12 heavy (non-hydrogen) atoms. The molecule has 1 heterocycles. The zero-order chi connectivity index (χ0) is 9.14. The van der Waals surface area contributed by atoms with Crippen molar-refractivity contribution in [3.8, 4) is 5.88 Å². The van der Waals surface area contributed by atoms with E-state index in [1.807, 2.05) is 0 Å². The lowest BCUT2D eigenvalue weighted by atomic mass is 10.4. The molecular formula is C5H4ClN3O3. The zero-order valence-corrected chi connectivity index (χ0v) is 6.49. The third-order valence-corrected chi connectivity index (χ3v) is 1.31. The zero-order valence-electron chi connectivity index (χ0n) is 5.73. The van der Waals surface area contributed by atoms with E-state index in [1.165, 1.54) is 6.20 Å². The first-order valence-corrected chi connectivity index (χ1v) is 3.19. The van der Waals surface area contributed by atoms with Gasteiger partial charge in [0.25, 0.3) is 0 Å². The van der Waals surface area contributed by atoms with Crippen LogP contribution in [0, 0.1) is 10.1 Å². The molecule has 0 unspecified atom stereocenters. The molecule has 6 nitrogen and oxygen atoms in total. The summed E-state index contributed by atoms with van der Waals surface area (Å²) < 4.78 is 0. The first-order chi connectivity index (χ1) is 5.65. The van der Waals surface area contributed by atoms with Crippen molar-refractivity contribution in [3.05, 3.63) is 27.4 Å². The van der Waals surface area contributed by atoms with Gasteiger partial charge >= 0.3 is 11.6 Å². The molecule has 1 aromatic heterocycles. The van der Waals surface area contributed by atoms with Crippen molar-refractivity contribution in [2.24, 2.45) is 5.90 Å². The summed E-state index contributed by atoms with van der Waals surface area (Å²) in [6.45, 7) is 0. The number of nitrogens with zero attached hydrogens (tertiary/aromatic N) is 2. The molecule has 1 rings (SSSR count). The van der Waals surface area contributed by atoms with Crippen LogP contribution in [0.2, 0.25) is 5.02 Å². The summed E-state index contributed by atoms with van der Waals surface area (Å²) in [4.78, 5) is 17.3. The lowest BCUT2D eigenvalue weighted by Gasteiger charge is -1.97. The van der Waals surface area contributed by atoms with Gasteiger partial charge in [-0.05, 0) is 0 Å².